The number of sulfonamides is 1. The Morgan fingerprint density at radius 1 is 0.961 bits per heavy atom. The fourth-order valence-electron chi connectivity index (χ4n) is 3.89. The van der Waals surface area contributed by atoms with E-state index in [0.29, 0.717) is 46.0 Å². The number of hydrogen-bond acceptors (Lipinski definition) is 11. The third kappa shape index (κ3) is 10.7. The molecule has 0 fully saturated rings. The summed E-state index contributed by atoms with van der Waals surface area (Å²) in [5.74, 6) is -1.80. The molecule has 4 aromatic carbocycles. The van der Waals surface area contributed by atoms with Gasteiger partial charge in [-0.05, 0) is 67.6 Å². The number of aromatic nitrogens is 1. The zero-order valence-corrected chi connectivity index (χ0v) is 28.1. The number of fused-ring (bicyclic) bond motifs is 1. The summed E-state index contributed by atoms with van der Waals surface area (Å²) in [4.78, 5) is 37.1. The average molecular weight is 772 g/mol. The number of amides is 1. The molecule has 0 aliphatic heterocycles. The maximum absolute atomic E-state index is 12.7. The molecule has 1 aromatic heterocycles. The maximum atomic E-state index is 12.7. The summed E-state index contributed by atoms with van der Waals surface area (Å²) < 4.78 is 83.4. The SMILES string of the molecule is CC(Oc1ccc(Oc2nc3ccc(Cl)cc3o2)cc1)C(=O)O.CS(=O)(=O)NC(=O)c1cc(Oc2ccc(C(F)(F)F)cc2Cl)ccc1[N+](=O)[O-]. The number of carbonyl (C=O) groups is 2. The second-order valence-electron chi connectivity index (χ2n) is 10.1. The molecule has 2 N–H and O–H groups in total. The van der Waals surface area contributed by atoms with Gasteiger partial charge in [0.05, 0.1) is 21.8 Å². The number of nitrogens with one attached hydrogen (secondary N) is 1. The first-order chi connectivity index (χ1) is 23.8. The predicted octanol–water partition coefficient (Wildman–Crippen LogP) is 7.87. The molecule has 1 unspecified atom stereocenters. The molecule has 268 valence electrons. The highest BCUT2D eigenvalue weighted by molar-refractivity contribution is 7.89. The summed E-state index contributed by atoms with van der Waals surface area (Å²) >= 11 is 11.6. The Morgan fingerprint density at radius 2 is 1.61 bits per heavy atom. The van der Waals surface area contributed by atoms with Crippen LogP contribution in [-0.4, -0.2) is 47.7 Å². The van der Waals surface area contributed by atoms with Crippen molar-refractivity contribution in [3.05, 3.63) is 110 Å². The Bertz CT molecular complexity index is 2210. The van der Waals surface area contributed by atoms with E-state index in [1.807, 2.05) is 0 Å². The third-order valence-corrected chi connectivity index (χ3v) is 7.28. The molecule has 14 nitrogen and oxygen atoms in total. The summed E-state index contributed by atoms with van der Waals surface area (Å²) in [6.07, 6.45) is -4.77. The molecule has 1 heterocycles. The predicted molar refractivity (Wildman–Crippen MR) is 175 cm³/mol. The van der Waals surface area contributed by atoms with Gasteiger partial charge in [0.25, 0.3) is 11.6 Å². The quantitative estimate of drug-likeness (QED) is 0.103. The molecule has 20 heteroatoms. The van der Waals surface area contributed by atoms with Crippen LogP contribution in [0.25, 0.3) is 11.1 Å². The lowest BCUT2D eigenvalue weighted by Gasteiger charge is -2.12. The van der Waals surface area contributed by atoms with Crippen molar-refractivity contribution in [2.45, 2.75) is 19.2 Å². The van der Waals surface area contributed by atoms with E-state index >= 15 is 0 Å². The van der Waals surface area contributed by atoms with Crippen LogP contribution in [0, 0.1) is 10.1 Å². The molecular formula is C31H22Cl2F3N3O11S. The summed E-state index contributed by atoms with van der Waals surface area (Å²) in [7, 11) is -4.00. The smallest absolute Gasteiger partial charge is 0.416 e. The van der Waals surface area contributed by atoms with Crippen molar-refractivity contribution in [1.82, 2.24) is 9.71 Å². The van der Waals surface area contributed by atoms with Gasteiger partial charge in [-0.2, -0.15) is 18.2 Å². The lowest BCUT2D eigenvalue weighted by atomic mass is 10.1. The van der Waals surface area contributed by atoms with E-state index in [9.17, 15) is 41.3 Å². The second kappa shape index (κ2) is 15.5. The Hall–Kier alpha value is -5.59. The van der Waals surface area contributed by atoms with Crippen molar-refractivity contribution in [2.75, 3.05) is 6.26 Å². The number of ether oxygens (including phenoxy) is 3. The molecule has 0 aliphatic carbocycles. The van der Waals surface area contributed by atoms with E-state index < -0.39 is 60.9 Å². The summed E-state index contributed by atoms with van der Waals surface area (Å²) in [6.45, 7) is 1.45. The monoisotopic (exact) mass is 771 g/mol. The van der Waals surface area contributed by atoms with Crippen LogP contribution in [0.5, 0.6) is 29.1 Å². The highest BCUT2D eigenvalue weighted by Crippen LogP contribution is 2.37. The number of rotatable bonds is 10. The van der Waals surface area contributed by atoms with Crippen molar-refractivity contribution < 1.29 is 59.8 Å². The van der Waals surface area contributed by atoms with Gasteiger partial charge in [-0.1, -0.05) is 23.2 Å². The number of oxazole rings is 1. The number of hydrogen-bond donors (Lipinski definition) is 2. The van der Waals surface area contributed by atoms with Crippen LogP contribution < -0.4 is 18.9 Å². The second-order valence-corrected chi connectivity index (χ2v) is 12.7. The molecule has 0 saturated heterocycles. The number of carboxylic acid groups (broad SMARTS) is 1. The molecule has 1 atom stereocenters. The lowest BCUT2D eigenvalue weighted by Crippen LogP contribution is -2.29. The fraction of sp³-hybridized carbons (Fsp3) is 0.129. The van der Waals surface area contributed by atoms with Crippen LogP contribution in [-0.2, 0) is 21.0 Å². The molecule has 0 bridgehead atoms. The van der Waals surface area contributed by atoms with Crippen LogP contribution in [0.15, 0.2) is 83.3 Å². The van der Waals surface area contributed by atoms with Crippen molar-refractivity contribution in [1.29, 1.82) is 0 Å². The number of halogens is 5. The van der Waals surface area contributed by atoms with Gasteiger partial charge >= 0.3 is 18.2 Å². The number of alkyl halides is 3. The molecule has 0 saturated carbocycles. The largest absolute Gasteiger partial charge is 0.479 e. The fourth-order valence-corrected chi connectivity index (χ4v) is 4.72. The Morgan fingerprint density at radius 3 is 2.20 bits per heavy atom. The van der Waals surface area contributed by atoms with Gasteiger partial charge in [0.15, 0.2) is 11.7 Å². The Kier molecular flexibility index (Phi) is 11.6. The van der Waals surface area contributed by atoms with E-state index in [1.165, 1.54) is 6.92 Å². The van der Waals surface area contributed by atoms with Crippen molar-refractivity contribution in [3.8, 4) is 29.1 Å². The number of nitrogens with zero attached hydrogens (tertiary/aromatic N) is 2. The van der Waals surface area contributed by atoms with Crippen LogP contribution in [0.2, 0.25) is 10.0 Å². The van der Waals surface area contributed by atoms with Crippen LogP contribution in [0.4, 0.5) is 18.9 Å². The average Bonchev–Trinajstić information content (AvgIpc) is 3.43. The summed E-state index contributed by atoms with van der Waals surface area (Å²) in [5, 5.41) is 20.0. The summed E-state index contributed by atoms with van der Waals surface area (Å²) in [5.41, 5.74) is -1.17. The minimum absolute atomic E-state index is 0.0924. The van der Waals surface area contributed by atoms with Crippen LogP contribution in [0.1, 0.15) is 22.8 Å². The summed E-state index contributed by atoms with van der Waals surface area (Å²) in [6, 6.07) is 16.7. The van der Waals surface area contributed by atoms with E-state index in [-0.39, 0.29) is 17.6 Å². The van der Waals surface area contributed by atoms with Crippen LogP contribution >= 0.6 is 23.2 Å². The van der Waals surface area contributed by atoms with Gasteiger partial charge < -0.3 is 23.7 Å². The standard InChI is InChI=1S/C16H12ClNO5.C15H10ClF3N2O6S/c1-9(15(19)20)21-11-3-5-12(6-4-11)22-16-18-13-7-2-10(17)8-14(13)23-16;1-28(25,26)20-14(22)10-7-9(3-4-12(10)21(23)24)27-13-5-2-8(6-11(13)16)15(17,18)19/h2-9H,1H3,(H,19,20);2-7H,1H3,(H,20,22). The first-order valence-electron chi connectivity index (χ1n) is 13.9. The van der Waals surface area contributed by atoms with Gasteiger partial charge in [0.2, 0.25) is 10.0 Å². The molecule has 1 amide bonds. The normalized spacial score (nSPS) is 11.9. The molecule has 0 spiro atoms. The minimum Gasteiger partial charge on any atom is -0.479 e. The molecule has 0 radical (unpaired) electrons. The van der Waals surface area contributed by atoms with E-state index in [0.717, 1.165) is 24.3 Å². The zero-order valence-electron chi connectivity index (χ0n) is 25.8. The molecule has 5 rings (SSSR count). The topological polar surface area (TPSA) is 197 Å². The van der Waals surface area contributed by atoms with E-state index in [1.54, 1.807) is 47.2 Å². The molecule has 51 heavy (non-hydrogen) atoms. The van der Waals surface area contributed by atoms with Crippen molar-refractivity contribution >= 4 is 61.9 Å². The number of carboxylic acids is 1. The highest BCUT2D eigenvalue weighted by Gasteiger charge is 2.31. The number of carbonyl (C=O) groups excluding carboxylic acids is 1. The third-order valence-electron chi connectivity index (χ3n) is 6.19. The maximum Gasteiger partial charge on any atom is 0.416 e. The van der Waals surface area contributed by atoms with Gasteiger partial charge in [0, 0.05) is 23.2 Å². The van der Waals surface area contributed by atoms with Gasteiger partial charge in [-0.25, -0.2) is 17.9 Å². The van der Waals surface area contributed by atoms with Crippen molar-refractivity contribution in [2.24, 2.45) is 0 Å². The first-order valence-corrected chi connectivity index (χ1v) is 16.5. The highest BCUT2D eigenvalue weighted by atomic mass is 35.5. The van der Waals surface area contributed by atoms with Gasteiger partial charge in [-0.3, -0.25) is 14.9 Å². The first kappa shape index (κ1) is 38.2. The van der Waals surface area contributed by atoms with Crippen molar-refractivity contribution in [3.63, 3.8) is 0 Å². The van der Waals surface area contributed by atoms with Gasteiger partial charge in [0.1, 0.15) is 34.1 Å². The van der Waals surface area contributed by atoms with E-state index in [2.05, 4.69) is 4.98 Å². The molecular weight excluding hydrogens is 750 g/mol. The minimum atomic E-state index is -4.62. The zero-order chi connectivity index (χ0) is 37.7. The lowest BCUT2D eigenvalue weighted by molar-refractivity contribution is -0.385. The van der Waals surface area contributed by atoms with E-state index in [4.69, 9.17) is 46.9 Å². The van der Waals surface area contributed by atoms with Gasteiger partial charge in [-0.15, -0.1) is 0 Å². The number of aliphatic carboxylic acids is 1. The number of nitro benzene ring substituents is 1. The number of nitro groups is 1. The van der Waals surface area contributed by atoms with Crippen LogP contribution in [0.3, 0.4) is 0 Å². The molecule has 0 aliphatic rings. The molecule has 5 aromatic rings. The Labute approximate surface area is 295 Å². The Balaban J connectivity index is 0.000000233. The number of benzene rings is 4.